The normalized spacial score (nSPS) is 12.6. The molecular weight excluding hydrogens is 294 g/mol. The molecule has 24 heavy (non-hydrogen) atoms. The van der Waals surface area contributed by atoms with Crippen molar-refractivity contribution in [2.75, 3.05) is 0 Å². The minimum Gasteiger partial charge on any atom is -0.299 e. The Morgan fingerprint density at radius 3 is 2.25 bits per heavy atom. The number of imidazole rings is 1. The van der Waals surface area contributed by atoms with Gasteiger partial charge in [-0.3, -0.25) is 9.38 Å². The summed E-state index contributed by atoms with van der Waals surface area (Å²) in [6.45, 7) is 13.1. The molecule has 0 atom stereocenters. The summed E-state index contributed by atoms with van der Waals surface area (Å²) in [5, 5.41) is 1.15. The minimum atomic E-state index is 0.0411. The Bertz CT molecular complexity index is 1110. The smallest absolute Gasteiger partial charge is 0.147 e. The van der Waals surface area contributed by atoms with E-state index in [1.165, 1.54) is 16.7 Å². The maximum Gasteiger partial charge on any atom is 0.147 e. The summed E-state index contributed by atoms with van der Waals surface area (Å²) >= 11 is 0. The largest absolute Gasteiger partial charge is 0.299 e. The van der Waals surface area contributed by atoms with Crippen molar-refractivity contribution in [3.05, 3.63) is 52.8 Å². The van der Waals surface area contributed by atoms with Crippen LogP contribution in [-0.4, -0.2) is 14.4 Å². The van der Waals surface area contributed by atoms with E-state index < -0.39 is 0 Å². The Balaban J connectivity index is 2.14. The van der Waals surface area contributed by atoms with Gasteiger partial charge >= 0.3 is 0 Å². The van der Waals surface area contributed by atoms with Crippen molar-refractivity contribution >= 4 is 27.6 Å². The highest BCUT2D eigenvalue weighted by molar-refractivity contribution is 5.98. The van der Waals surface area contributed by atoms with E-state index in [9.17, 15) is 0 Å². The molecule has 0 spiro atoms. The lowest BCUT2D eigenvalue weighted by atomic mass is 9.90. The highest BCUT2D eigenvalue weighted by atomic mass is 15.0. The van der Waals surface area contributed by atoms with Crippen molar-refractivity contribution in [3.63, 3.8) is 0 Å². The Morgan fingerprint density at radius 1 is 0.833 bits per heavy atom. The minimum absolute atomic E-state index is 0.0411. The van der Waals surface area contributed by atoms with E-state index >= 15 is 0 Å². The number of nitrogens with zero attached hydrogens (tertiary/aromatic N) is 3. The third-order valence-corrected chi connectivity index (χ3v) is 4.92. The average molecular weight is 317 g/mol. The van der Waals surface area contributed by atoms with Gasteiger partial charge in [-0.15, -0.1) is 0 Å². The molecule has 0 aliphatic carbocycles. The molecule has 1 aromatic carbocycles. The summed E-state index contributed by atoms with van der Waals surface area (Å²) < 4.78 is 2.19. The van der Waals surface area contributed by atoms with Gasteiger partial charge in [-0.2, -0.15) is 0 Å². The Labute approximate surface area is 142 Å². The molecule has 3 heterocycles. The van der Waals surface area contributed by atoms with Crippen LogP contribution in [0.5, 0.6) is 0 Å². The van der Waals surface area contributed by atoms with Crippen LogP contribution in [-0.2, 0) is 5.41 Å². The lowest BCUT2D eigenvalue weighted by Crippen LogP contribution is -2.14. The summed E-state index contributed by atoms with van der Waals surface area (Å²) in [6, 6.07) is 8.72. The van der Waals surface area contributed by atoms with E-state index in [1.54, 1.807) is 0 Å². The first-order chi connectivity index (χ1) is 11.3. The van der Waals surface area contributed by atoms with Crippen LogP contribution in [0, 0.1) is 20.8 Å². The predicted molar refractivity (Wildman–Crippen MR) is 101 cm³/mol. The molecule has 3 aromatic heterocycles. The summed E-state index contributed by atoms with van der Waals surface area (Å²) in [6.07, 6.45) is 2.10. The van der Waals surface area contributed by atoms with Gasteiger partial charge in [-0.05, 0) is 61.7 Å². The van der Waals surface area contributed by atoms with E-state index in [-0.39, 0.29) is 5.41 Å². The van der Waals surface area contributed by atoms with E-state index in [1.807, 2.05) is 0 Å². The van der Waals surface area contributed by atoms with Crippen molar-refractivity contribution in [3.8, 4) is 0 Å². The standard InChI is InChI=1S/C21H23N3/c1-12-9-16-17(10-13(12)2)24-8-7-15-19(20(24)23-16)14(3)11-18(22-15)21(4,5)6/h7-11H,1-6H3. The molecule has 0 aliphatic heterocycles. The number of aromatic nitrogens is 3. The zero-order valence-electron chi connectivity index (χ0n) is 15.2. The van der Waals surface area contributed by atoms with Gasteiger partial charge in [0.05, 0.1) is 16.6 Å². The van der Waals surface area contributed by atoms with Gasteiger partial charge in [-0.25, -0.2) is 4.98 Å². The highest BCUT2D eigenvalue weighted by Crippen LogP contribution is 2.30. The van der Waals surface area contributed by atoms with Gasteiger partial charge in [0.25, 0.3) is 0 Å². The fraction of sp³-hybridized carbons (Fsp3) is 0.333. The van der Waals surface area contributed by atoms with E-state index in [4.69, 9.17) is 9.97 Å². The lowest BCUT2D eigenvalue weighted by molar-refractivity contribution is 0.571. The van der Waals surface area contributed by atoms with Crippen molar-refractivity contribution in [1.29, 1.82) is 0 Å². The van der Waals surface area contributed by atoms with Gasteiger partial charge < -0.3 is 0 Å². The number of hydrogen-bond acceptors (Lipinski definition) is 2. The summed E-state index contributed by atoms with van der Waals surface area (Å²) in [7, 11) is 0. The Morgan fingerprint density at radius 2 is 1.54 bits per heavy atom. The molecule has 0 unspecified atom stereocenters. The number of aryl methyl sites for hydroxylation is 3. The third kappa shape index (κ3) is 2.11. The first kappa shape index (κ1) is 15.1. The van der Waals surface area contributed by atoms with Gasteiger partial charge in [0.15, 0.2) is 0 Å². The topological polar surface area (TPSA) is 30.2 Å². The van der Waals surface area contributed by atoms with Gasteiger partial charge in [-0.1, -0.05) is 20.8 Å². The van der Waals surface area contributed by atoms with Crippen LogP contribution in [0.25, 0.3) is 27.6 Å². The van der Waals surface area contributed by atoms with Crippen molar-refractivity contribution in [2.45, 2.75) is 47.0 Å². The van der Waals surface area contributed by atoms with Gasteiger partial charge in [0.2, 0.25) is 0 Å². The number of pyridine rings is 2. The quantitative estimate of drug-likeness (QED) is 0.443. The van der Waals surface area contributed by atoms with E-state index in [0.717, 1.165) is 33.3 Å². The second-order valence-corrected chi connectivity index (χ2v) is 7.88. The highest BCUT2D eigenvalue weighted by Gasteiger charge is 2.19. The fourth-order valence-electron chi connectivity index (χ4n) is 3.32. The SMILES string of the molecule is Cc1cc2nc3c4c(C)cc(C(C)(C)C)nc4ccn3c2cc1C. The molecule has 0 amide bonds. The van der Waals surface area contributed by atoms with Crippen molar-refractivity contribution in [2.24, 2.45) is 0 Å². The molecule has 0 saturated heterocycles. The molecule has 0 N–H and O–H groups in total. The zero-order chi connectivity index (χ0) is 17.2. The van der Waals surface area contributed by atoms with Gasteiger partial charge in [0.1, 0.15) is 5.65 Å². The maximum atomic E-state index is 4.92. The lowest BCUT2D eigenvalue weighted by Gasteiger charge is -2.19. The summed E-state index contributed by atoms with van der Waals surface area (Å²) in [5.41, 5.74) is 9.20. The first-order valence-electron chi connectivity index (χ1n) is 8.45. The van der Waals surface area contributed by atoms with Crippen LogP contribution in [0.15, 0.2) is 30.5 Å². The molecule has 0 fully saturated rings. The molecular formula is C21H23N3. The van der Waals surface area contributed by atoms with E-state index in [2.05, 4.69) is 76.4 Å². The van der Waals surface area contributed by atoms with Gasteiger partial charge in [0, 0.05) is 22.7 Å². The molecule has 0 bridgehead atoms. The molecule has 3 heteroatoms. The van der Waals surface area contributed by atoms with Crippen LogP contribution in [0.3, 0.4) is 0 Å². The van der Waals surface area contributed by atoms with Crippen LogP contribution < -0.4 is 0 Å². The molecule has 0 radical (unpaired) electrons. The number of benzene rings is 1. The van der Waals surface area contributed by atoms with Crippen LogP contribution in [0.4, 0.5) is 0 Å². The molecule has 4 rings (SSSR count). The number of rotatable bonds is 0. The molecule has 0 aliphatic rings. The maximum absolute atomic E-state index is 4.92. The molecule has 122 valence electrons. The van der Waals surface area contributed by atoms with Crippen molar-refractivity contribution in [1.82, 2.24) is 14.4 Å². The predicted octanol–water partition coefficient (Wildman–Crippen LogP) is 5.26. The van der Waals surface area contributed by atoms with Crippen LogP contribution in [0.2, 0.25) is 0 Å². The molecule has 4 aromatic rings. The third-order valence-electron chi connectivity index (χ3n) is 4.92. The summed E-state index contributed by atoms with van der Waals surface area (Å²) in [4.78, 5) is 9.83. The van der Waals surface area contributed by atoms with Crippen molar-refractivity contribution < 1.29 is 0 Å². The van der Waals surface area contributed by atoms with E-state index in [0.29, 0.717) is 0 Å². The first-order valence-corrected chi connectivity index (χ1v) is 8.45. The Hall–Kier alpha value is -2.42. The molecule has 3 nitrogen and oxygen atoms in total. The molecule has 0 saturated carbocycles. The zero-order valence-corrected chi connectivity index (χ0v) is 15.2. The second-order valence-electron chi connectivity index (χ2n) is 7.88. The Kier molecular flexibility index (Phi) is 3.02. The fourth-order valence-corrected chi connectivity index (χ4v) is 3.32. The average Bonchev–Trinajstić information content (AvgIpc) is 2.84. The van der Waals surface area contributed by atoms with Crippen LogP contribution >= 0.6 is 0 Å². The number of hydrogen-bond donors (Lipinski definition) is 0. The monoisotopic (exact) mass is 317 g/mol. The number of fused-ring (bicyclic) bond motifs is 5. The second kappa shape index (κ2) is 4.79. The van der Waals surface area contributed by atoms with Crippen LogP contribution in [0.1, 0.15) is 43.2 Å². The summed E-state index contributed by atoms with van der Waals surface area (Å²) in [5.74, 6) is 0.